The number of nitriles is 1. The zero-order valence-electron chi connectivity index (χ0n) is 8.87. The van der Waals surface area contributed by atoms with Crippen molar-refractivity contribution in [3.63, 3.8) is 0 Å². The van der Waals surface area contributed by atoms with Gasteiger partial charge in [-0.2, -0.15) is 5.26 Å². The molecule has 0 saturated carbocycles. The van der Waals surface area contributed by atoms with Crippen molar-refractivity contribution in [2.45, 2.75) is 25.8 Å². The highest BCUT2D eigenvalue weighted by Crippen LogP contribution is 2.25. The highest BCUT2D eigenvalue weighted by Gasteiger charge is 2.34. The monoisotopic (exact) mass is 193 g/mol. The van der Waals surface area contributed by atoms with Gasteiger partial charge in [0.05, 0.1) is 12.0 Å². The third-order valence-electron chi connectivity index (χ3n) is 3.43. The van der Waals surface area contributed by atoms with E-state index in [0.29, 0.717) is 6.04 Å². The van der Waals surface area contributed by atoms with Crippen LogP contribution in [0.2, 0.25) is 0 Å². The largest absolute Gasteiger partial charge is 0.312 e. The summed E-state index contributed by atoms with van der Waals surface area (Å²) < 4.78 is 0. The quantitative estimate of drug-likeness (QED) is 0.706. The van der Waals surface area contributed by atoms with Crippen molar-refractivity contribution < 1.29 is 0 Å². The van der Waals surface area contributed by atoms with Crippen LogP contribution in [0.3, 0.4) is 0 Å². The minimum Gasteiger partial charge on any atom is -0.312 e. The normalized spacial score (nSPS) is 34.9. The fourth-order valence-electron chi connectivity index (χ4n) is 2.71. The van der Waals surface area contributed by atoms with Crippen molar-refractivity contribution in [2.24, 2.45) is 11.8 Å². The van der Waals surface area contributed by atoms with E-state index in [0.717, 1.165) is 19.0 Å². The minimum atomic E-state index is 0.176. The summed E-state index contributed by atoms with van der Waals surface area (Å²) in [5.41, 5.74) is 0. The molecule has 0 amide bonds. The van der Waals surface area contributed by atoms with Gasteiger partial charge >= 0.3 is 0 Å². The molecule has 14 heavy (non-hydrogen) atoms. The number of rotatable bonds is 2. The van der Waals surface area contributed by atoms with Crippen molar-refractivity contribution in [2.75, 3.05) is 26.2 Å². The summed E-state index contributed by atoms with van der Waals surface area (Å²) in [6, 6.07) is 3.01. The summed E-state index contributed by atoms with van der Waals surface area (Å²) in [6.07, 6.45) is 2.69. The van der Waals surface area contributed by atoms with Crippen molar-refractivity contribution >= 4 is 0 Å². The van der Waals surface area contributed by atoms with Crippen LogP contribution in [0, 0.1) is 23.2 Å². The maximum Gasteiger partial charge on any atom is 0.0666 e. The lowest BCUT2D eigenvalue weighted by Gasteiger charge is -2.24. The lowest BCUT2D eigenvalue weighted by atomic mass is 9.94. The fourth-order valence-corrected chi connectivity index (χ4v) is 2.71. The second-order valence-corrected chi connectivity index (χ2v) is 4.71. The van der Waals surface area contributed by atoms with Crippen LogP contribution in [0.25, 0.3) is 0 Å². The molecular formula is C11H19N3. The first kappa shape index (κ1) is 9.95. The molecule has 2 aliphatic rings. The Morgan fingerprint density at radius 1 is 1.57 bits per heavy atom. The third kappa shape index (κ3) is 2.08. The van der Waals surface area contributed by atoms with Crippen molar-refractivity contribution in [1.82, 2.24) is 10.2 Å². The van der Waals surface area contributed by atoms with Crippen LogP contribution < -0.4 is 5.32 Å². The molecule has 0 radical (unpaired) electrons. The van der Waals surface area contributed by atoms with E-state index < -0.39 is 0 Å². The maximum absolute atomic E-state index is 8.76. The Kier molecular flexibility index (Phi) is 3.05. The molecule has 3 atom stereocenters. The first-order valence-corrected chi connectivity index (χ1v) is 5.65. The lowest BCUT2D eigenvalue weighted by molar-refractivity contribution is 0.299. The molecule has 2 fully saturated rings. The molecule has 0 aromatic carbocycles. The molecule has 78 valence electrons. The van der Waals surface area contributed by atoms with Crippen LogP contribution in [0.15, 0.2) is 0 Å². The molecule has 1 N–H and O–H groups in total. The molecule has 0 aromatic heterocycles. The molecule has 2 rings (SSSR count). The van der Waals surface area contributed by atoms with E-state index in [1.165, 1.54) is 25.9 Å². The van der Waals surface area contributed by atoms with Crippen LogP contribution in [0.4, 0.5) is 0 Å². The smallest absolute Gasteiger partial charge is 0.0666 e. The summed E-state index contributed by atoms with van der Waals surface area (Å²) in [6.45, 7) is 6.49. The Morgan fingerprint density at radius 2 is 2.43 bits per heavy atom. The van der Waals surface area contributed by atoms with Crippen molar-refractivity contribution in [3.8, 4) is 6.07 Å². The van der Waals surface area contributed by atoms with Gasteiger partial charge < -0.3 is 10.2 Å². The Bertz CT molecular complexity index is 219. The van der Waals surface area contributed by atoms with Gasteiger partial charge in [-0.25, -0.2) is 0 Å². The Morgan fingerprint density at radius 3 is 3.14 bits per heavy atom. The van der Waals surface area contributed by atoms with E-state index in [4.69, 9.17) is 5.26 Å². The van der Waals surface area contributed by atoms with E-state index in [2.05, 4.69) is 16.3 Å². The molecule has 2 saturated heterocycles. The molecular weight excluding hydrogens is 174 g/mol. The first-order chi connectivity index (χ1) is 6.79. The molecule has 3 nitrogen and oxygen atoms in total. The van der Waals surface area contributed by atoms with Gasteiger partial charge in [-0.05, 0) is 32.2 Å². The number of hydrogen-bond acceptors (Lipinski definition) is 3. The van der Waals surface area contributed by atoms with Crippen molar-refractivity contribution in [1.29, 1.82) is 5.26 Å². The van der Waals surface area contributed by atoms with Gasteiger partial charge in [0.15, 0.2) is 0 Å². The average Bonchev–Trinajstić information content (AvgIpc) is 2.59. The zero-order chi connectivity index (χ0) is 9.97. The van der Waals surface area contributed by atoms with Crippen LogP contribution in [0.1, 0.15) is 19.8 Å². The zero-order valence-corrected chi connectivity index (χ0v) is 8.87. The number of fused-ring (bicyclic) bond motifs is 1. The second kappa shape index (κ2) is 4.29. The summed E-state index contributed by atoms with van der Waals surface area (Å²) in [5.74, 6) is 1.02. The van der Waals surface area contributed by atoms with Crippen LogP contribution in [-0.4, -0.2) is 37.1 Å². The average molecular weight is 193 g/mol. The number of piperidine rings is 1. The van der Waals surface area contributed by atoms with Crippen molar-refractivity contribution in [3.05, 3.63) is 0 Å². The van der Waals surface area contributed by atoms with Gasteiger partial charge in [0, 0.05) is 25.7 Å². The molecule has 3 heteroatoms. The predicted octanol–water partition coefficient (Wildman–Crippen LogP) is 0.830. The molecule has 2 aliphatic heterocycles. The van der Waals surface area contributed by atoms with Crippen LogP contribution in [0.5, 0.6) is 0 Å². The summed E-state index contributed by atoms with van der Waals surface area (Å²) in [7, 11) is 0. The molecule has 0 aliphatic carbocycles. The summed E-state index contributed by atoms with van der Waals surface area (Å²) in [4.78, 5) is 2.45. The Hall–Kier alpha value is -0.590. The van der Waals surface area contributed by atoms with Gasteiger partial charge in [0.25, 0.3) is 0 Å². The molecule has 0 bridgehead atoms. The molecule has 2 heterocycles. The van der Waals surface area contributed by atoms with Crippen LogP contribution in [-0.2, 0) is 0 Å². The number of hydrogen-bond donors (Lipinski definition) is 1. The Labute approximate surface area is 86.1 Å². The standard InChI is InChI=1S/C11H19N3/c1-9(5-12)6-14-7-10-3-2-4-13-11(10)8-14/h9-11,13H,2-4,6-8H2,1H3/t9?,10-,11+/m0/s1. The SMILES string of the molecule is CC(C#N)CN1C[C@@H]2CCCN[C@@H]2C1. The van der Waals surface area contributed by atoms with E-state index in [1.807, 2.05) is 6.92 Å². The number of nitrogens with zero attached hydrogens (tertiary/aromatic N) is 2. The summed E-state index contributed by atoms with van der Waals surface area (Å²) in [5, 5.41) is 12.3. The number of nitrogens with one attached hydrogen (secondary N) is 1. The van der Waals surface area contributed by atoms with E-state index in [9.17, 15) is 0 Å². The predicted molar refractivity (Wildman–Crippen MR) is 55.7 cm³/mol. The van der Waals surface area contributed by atoms with E-state index in [-0.39, 0.29) is 5.92 Å². The highest BCUT2D eigenvalue weighted by molar-refractivity contribution is 4.93. The number of likely N-dealkylation sites (tertiary alicyclic amines) is 1. The molecule has 0 aromatic rings. The lowest BCUT2D eigenvalue weighted by Crippen LogP contribution is -2.40. The van der Waals surface area contributed by atoms with Crippen LogP contribution >= 0.6 is 0 Å². The Balaban J connectivity index is 1.84. The fraction of sp³-hybridized carbons (Fsp3) is 0.909. The topological polar surface area (TPSA) is 39.1 Å². The first-order valence-electron chi connectivity index (χ1n) is 5.65. The van der Waals surface area contributed by atoms with Gasteiger partial charge in [-0.15, -0.1) is 0 Å². The second-order valence-electron chi connectivity index (χ2n) is 4.71. The summed E-state index contributed by atoms with van der Waals surface area (Å²) >= 11 is 0. The van der Waals surface area contributed by atoms with Gasteiger partial charge in [-0.1, -0.05) is 0 Å². The minimum absolute atomic E-state index is 0.176. The van der Waals surface area contributed by atoms with E-state index >= 15 is 0 Å². The van der Waals surface area contributed by atoms with Gasteiger partial charge in [0.1, 0.15) is 0 Å². The van der Waals surface area contributed by atoms with Gasteiger partial charge in [0.2, 0.25) is 0 Å². The van der Waals surface area contributed by atoms with E-state index in [1.54, 1.807) is 0 Å². The highest BCUT2D eigenvalue weighted by atomic mass is 15.2. The maximum atomic E-state index is 8.76. The molecule has 1 unspecified atom stereocenters. The van der Waals surface area contributed by atoms with Gasteiger partial charge in [-0.3, -0.25) is 0 Å². The molecule has 0 spiro atoms. The third-order valence-corrected chi connectivity index (χ3v) is 3.43.